The lowest BCUT2D eigenvalue weighted by Crippen LogP contribution is -2.38. The van der Waals surface area contributed by atoms with Gasteiger partial charge >= 0.3 is 0 Å². The van der Waals surface area contributed by atoms with E-state index in [0.717, 1.165) is 70.5 Å². The van der Waals surface area contributed by atoms with E-state index < -0.39 is 0 Å². The highest BCUT2D eigenvalue weighted by molar-refractivity contribution is 5.80. The maximum atomic E-state index is 12.9. The van der Waals surface area contributed by atoms with Crippen LogP contribution in [0.1, 0.15) is 103 Å². The van der Waals surface area contributed by atoms with Crippen LogP contribution in [0, 0.1) is 23.7 Å². The maximum Gasteiger partial charge on any atom is 0.226 e. The molecule has 49 heavy (non-hydrogen) atoms. The first-order valence-corrected chi connectivity index (χ1v) is 19.5. The van der Waals surface area contributed by atoms with Gasteiger partial charge in [0, 0.05) is 31.0 Å². The predicted molar refractivity (Wildman–Crippen MR) is 208 cm³/mol. The molecular weight excluding hydrogens is 601 g/mol. The molecule has 3 N–H and O–H groups in total. The molecule has 3 aliphatic rings. The number of hydrazine groups is 1. The first kappa shape index (κ1) is 36.7. The van der Waals surface area contributed by atoms with E-state index in [1.54, 1.807) is 0 Å². The molecule has 0 saturated carbocycles. The van der Waals surface area contributed by atoms with E-state index in [0.29, 0.717) is 11.8 Å². The summed E-state index contributed by atoms with van der Waals surface area (Å²) in [5.41, 5.74) is 13.7. The largest absolute Gasteiger partial charge is 0.372 e. The molecule has 5 atom stereocenters. The Bertz CT molecular complexity index is 1410. The van der Waals surface area contributed by atoms with Crippen LogP contribution in [0.2, 0.25) is 0 Å². The van der Waals surface area contributed by atoms with Crippen LogP contribution in [0.5, 0.6) is 0 Å². The molecule has 0 radical (unpaired) electrons. The van der Waals surface area contributed by atoms with Gasteiger partial charge in [-0.25, -0.2) is 5.43 Å². The van der Waals surface area contributed by atoms with Crippen LogP contribution in [-0.2, 0) is 11.2 Å². The lowest BCUT2D eigenvalue weighted by molar-refractivity contribution is -0.124. The van der Waals surface area contributed by atoms with Crippen LogP contribution in [-0.4, -0.2) is 31.6 Å². The van der Waals surface area contributed by atoms with Crippen LogP contribution in [0.4, 0.5) is 5.69 Å². The number of carbonyl (C=O) groups excluding carboxylic acids is 1. The van der Waals surface area contributed by atoms with Gasteiger partial charge in [0.25, 0.3) is 0 Å². The lowest BCUT2D eigenvalue weighted by atomic mass is 9.81. The van der Waals surface area contributed by atoms with Gasteiger partial charge in [-0.2, -0.15) is 0 Å². The number of anilines is 1. The zero-order valence-corrected chi connectivity index (χ0v) is 30.5. The van der Waals surface area contributed by atoms with Crippen molar-refractivity contribution in [3.8, 4) is 0 Å². The van der Waals surface area contributed by atoms with E-state index in [4.69, 9.17) is 0 Å². The third-order valence-corrected chi connectivity index (χ3v) is 10.9. The Kier molecular flexibility index (Phi) is 14.7. The molecule has 1 amide bonds. The summed E-state index contributed by atoms with van der Waals surface area (Å²) in [4.78, 5) is 15.4. The van der Waals surface area contributed by atoms with Crippen molar-refractivity contribution in [2.75, 3.05) is 24.5 Å². The average Bonchev–Trinajstić information content (AvgIpc) is 3.44. The number of unbranched alkanes of at least 4 members (excludes halogenated alkanes) is 1. The average molecular weight is 663 g/mol. The highest BCUT2D eigenvalue weighted by Crippen LogP contribution is 2.35. The third kappa shape index (κ3) is 11.0. The monoisotopic (exact) mass is 662 g/mol. The van der Waals surface area contributed by atoms with E-state index in [2.05, 4.69) is 133 Å². The predicted octanol–water partition coefficient (Wildman–Crippen LogP) is 9.55. The molecule has 0 aromatic heterocycles. The SMILES string of the molecule is CCCC(CC)CCNC(=O)C1C=CC(C2NNC3=CCC(/C=C/c4ccc(N(CCC)CCCCc5ccccc5)cc4)CC=C32)CC1. The van der Waals surface area contributed by atoms with Crippen LogP contribution in [0.3, 0.4) is 0 Å². The Hall–Kier alpha value is -3.57. The van der Waals surface area contributed by atoms with Crippen LogP contribution >= 0.6 is 0 Å². The fraction of sp³-hybridized carbons (Fsp3) is 0.523. The van der Waals surface area contributed by atoms with E-state index in [-0.39, 0.29) is 17.9 Å². The van der Waals surface area contributed by atoms with Crippen molar-refractivity contribution in [2.24, 2.45) is 23.7 Å². The molecule has 5 rings (SSSR count). The number of aryl methyl sites for hydroxylation is 1. The molecule has 2 aliphatic carbocycles. The van der Waals surface area contributed by atoms with Gasteiger partial charge in [0.15, 0.2) is 0 Å². The molecule has 2 aromatic carbocycles. The Balaban J connectivity index is 1.09. The topological polar surface area (TPSA) is 56.4 Å². The zero-order chi connectivity index (χ0) is 34.3. The molecule has 0 spiro atoms. The quantitative estimate of drug-likeness (QED) is 0.110. The van der Waals surface area contributed by atoms with Crippen molar-refractivity contribution >= 4 is 17.7 Å². The molecule has 5 heteroatoms. The highest BCUT2D eigenvalue weighted by Gasteiger charge is 2.34. The smallest absolute Gasteiger partial charge is 0.226 e. The number of benzene rings is 2. The summed E-state index contributed by atoms with van der Waals surface area (Å²) in [7, 11) is 0. The number of amides is 1. The number of fused-ring (bicyclic) bond motifs is 1. The van der Waals surface area contributed by atoms with E-state index >= 15 is 0 Å². The van der Waals surface area contributed by atoms with Crippen molar-refractivity contribution in [3.63, 3.8) is 0 Å². The Morgan fingerprint density at radius 1 is 0.918 bits per heavy atom. The minimum absolute atomic E-state index is 0.00165. The van der Waals surface area contributed by atoms with Crippen molar-refractivity contribution in [1.82, 2.24) is 16.2 Å². The fourth-order valence-electron chi connectivity index (χ4n) is 7.81. The summed E-state index contributed by atoms with van der Waals surface area (Å²) in [6.45, 7) is 9.78. The molecular formula is C44H62N4O. The molecule has 1 saturated heterocycles. The number of allylic oxidation sites excluding steroid dienone is 3. The summed E-state index contributed by atoms with van der Waals surface area (Å²) in [5.74, 6) is 1.79. The number of nitrogens with one attached hydrogen (secondary N) is 3. The van der Waals surface area contributed by atoms with Crippen LogP contribution < -0.4 is 21.1 Å². The maximum absolute atomic E-state index is 12.9. The number of rotatable bonds is 18. The number of carbonyl (C=O) groups is 1. The third-order valence-electron chi connectivity index (χ3n) is 10.9. The van der Waals surface area contributed by atoms with Crippen molar-refractivity contribution in [2.45, 2.75) is 104 Å². The summed E-state index contributed by atoms with van der Waals surface area (Å²) in [6, 6.07) is 20.3. The first-order valence-electron chi connectivity index (χ1n) is 19.5. The van der Waals surface area contributed by atoms with Gasteiger partial charge in [-0.15, -0.1) is 0 Å². The fourth-order valence-corrected chi connectivity index (χ4v) is 7.81. The first-order chi connectivity index (χ1) is 24.1. The number of hydrogen-bond acceptors (Lipinski definition) is 4. The Morgan fingerprint density at radius 3 is 2.47 bits per heavy atom. The zero-order valence-electron chi connectivity index (χ0n) is 30.5. The molecule has 2 aromatic rings. The molecule has 0 bridgehead atoms. The molecule has 5 unspecified atom stereocenters. The standard InChI is InChI=1S/C44H62N4O/c1-4-12-34(6-3)30-31-45-44(49)39-24-22-38(23-25-39)43-41-28-20-37(21-29-42(41)46-47-43)17-16-36-18-26-40(27-19-36)48(32-5-2)33-11-10-15-35-13-8-7-9-14-35/h7-9,13-14,16-19,22,24,26-29,34,37-39,43,46-47H,4-6,10-12,15,20-21,23,25,30-33H2,1-3H3,(H,45,49)/b17-16+. The Morgan fingerprint density at radius 2 is 1.73 bits per heavy atom. The van der Waals surface area contributed by atoms with E-state index in [9.17, 15) is 4.79 Å². The van der Waals surface area contributed by atoms with Crippen molar-refractivity contribution < 1.29 is 4.79 Å². The lowest BCUT2D eigenvalue weighted by Gasteiger charge is -2.27. The second-order valence-corrected chi connectivity index (χ2v) is 14.5. The minimum atomic E-state index is -0.00165. The normalized spacial score (nSPS) is 22.5. The molecule has 1 heterocycles. The molecule has 264 valence electrons. The van der Waals surface area contributed by atoms with Crippen LogP contribution in [0.25, 0.3) is 6.08 Å². The molecule has 1 fully saturated rings. The van der Waals surface area contributed by atoms with Gasteiger partial charge in [-0.1, -0.05) is 119 Å². The van der Waals surface area contributed by atoms with E-state index in [1.807, 2.05) is 0 Å². The van der Waals surface area contributed by atoms with Crippen LogP contribution in [0.15, 0.2) is 96.2 Å². The molecule has 1 aliphatic heterocycles. The second kappa shape index (κ2) is 19.6. The van der Waals surface area contributed by atoms with E-state index in [1.165, 1.54) is 60.2 Å². The summed E-state index contributed by atoms with van der Waals surface area (Å²) in [6.07, 6.45) is 27.5. The molecule has 5 nitrogen and oxygen atoms in total. The van der Waals surface area contributed by atoms with Gasteiger partial charge in [0.2, 0.25) is 5.91 Å². The second-order valence-electron chi connectivity index (χ2n) is 14.5. The van der Waals surface area contributed by atoms with Gasteiger partial charge in [0.1, 0.15) is 0 Å². The number of hydrogen-bond donors (Lipinski definition) is 3. The van der Waals surface area contributed by atoms with Crippen molar-refractivity contribution in [3.05, 3.63) is 107 Å². The van der Waals surface area contributed by atoms with Gasteiger partial charge in [0.05, 0.1) is 12.0 Å². The Labute approximate surface area is 297 Å². The van der Waals surface area contributed by atoms with Gasteiger partial charge < -0.3 is 15.6 Å². The highest BCUT2D eigenvalue weighted by atomic mass is 16.1. The number of nitrogens with zero attached hydrogens (tertiary/aromatic N) is 1. The van der Waals surface area contributed by atoms with Gasteiger partial charge in [-0.05, 0) is 104 Å². The van der Waals surface area contributed by atoms with Gasteiger partial charge in [-0.3, -0.25) is 4.79 Å². The summed E-state index contributed by atoms with van der Waals surface area (Å²) >= 11 is 0. The summed E-state index contributed by atoms with van der Waals surface area (Å²) < 4.78 is 0. The van der Waals surface area contributed by atoms with Crippen molar-refractivity contribution in [1.29, 1.82) is 0 Å². The minimum Gasteiger partial charge on any atom is -0.372 e. The summed E-state index contributed by atoms with van der Waals surface area (Å²) in [5, 5.41) is 3.22.